The Morgan fingerprint density at radius 1 is 1.17 bits per heavy atom. The molecule has 0 spiro atoms. The predicted molar refractivity (Wildman–Crippen MR) is 129 cm³/mol. The lowest BCUT2D eigenvalue weighted by Gasteiger charge is -2.25. The van der Waals surface area contributed by atoms with Crippen LogP contribution >= 0.6 is 7.60 Å². The van der Waals surface area contributed by atoms with Crippen LogP contribution in [0.2, 0.25) is 0 Å². The summed E-state index contributed by atoms with van der Waals surface area (Å²) in [5, 5.41) is 9.32. The number of carbonyl (C=O) groups is 2. The zero-order chi connectivity index (χ0) is 26.8. The number of rotatable bonds is 13. The van der Waals surface area contributed by atoms with Crippen molar-refractivity contribution in [3.05, 3.63) is 12.7 Å². The number of carboxylic acids is 1. The van der Waals surface area contributed by atoms with Gasteiger partial charge in [-0.3, -0.25) is 18.7 Å². The quantitative estimate of drug-likeness (QED) is 0.221. The van der Waals surface area contributed by atoms with Crippen LogP contribution < -0.4 is 5.73 Å². The van der Waals surface area contributed by atoms with E-state index in [0.717, 1.165) is 0 Å². The van der Waals surface area contributed by atoms with E-state index in [2.05, 4.69) is 15.0 Å². The molecule has 0 aromatic carbocycles. The molecule has 200 valence electrons. The van der Waals surface area contributed by atoms with Gasteiger partial charge in [0, 0.05) is 0 Å². The summed E-state index contributed by atoms with van der Waals surface area (Å²) in [6.45, 7) is 7.75. The maximum Gasteiger partial charge on any atom is 0.359 e. The average Bonchev–Trinajstić information content (AvgIpc) is 3.43. The van der Waals surface area contributed by atoms with E-state index >= 15 is 0 Å². The molecule has 3 rings (SSSR count). The lowest BCUT2D eigenvalue weighted by atomic mass is 9.90. The minimum Gasteiger partial charge on any atom is -0.481 e. The van der Waals surface area contributed by atoms with Gasteiger partial charge >= 0.3 is 19.5 Å². The summed E-state index contributed by atoms with van der Waals surface area (Å²) in [6.07, 6.45) is 4.01. The first-order valence-corrected chi connectivity index (χ1v) is 13.2. The molecule has 1 aliphatic carbocycles. The largest absolute Gasteiger partial charge is 0.481 e. The first-order chi connectivity index (χ1) is 16.7. The minimum absolute atomic E-state index is 0.0881. The smallest absolute Gasteiger partial charge is 0.359 e. The van der Waals surface area contributed by atoms with Crippen LogP contribution in [0.4, 0.5) is 5.82 Å². The molecule has 0 radical (unpaired) electrons. The van der Waals surface area contributed by atoms with E-state index in [0.29, 0.717) is 30.6 Å². The van der Waals surface area contributed by atoms with Crippen molar-refractivity contribution < 1.29 is 37.8 Å². The fourth-order valence-electron chi connectivity index (χ4n) is 3.06. The Balaban J connectivity index is 1.66. The van der Waals surface area contributed by atoms with Gasteiger partial charge in [-0.1, -0.05) is 0 Å². The van der Waals surface area contributed by atoms with Crippen LogP contribution in [0.1, 0.15) is 53.9 Å². The highest BCUT2D eigenvalue weighted by atomic mass is 31.2. The maximum absolute atomic E-state index is 13.5. The van der Waals surface area contributed by atoms with Gasteiger partial charge in [0.15, 0.2) is 11.5 Å². The molecule has 2 heterocycles. The van der Waals surface area contributed by atoms with E-state index < -0.39 is 49.1 Å². The highest BCUT2D eigenvalue weighted by molar-refractivity contribution is 7.53. The number of carbonyl (C=O) groups excluding carboxylic acids is 1. The number of imidazole rings is 1. The second kappa shape index (κ2) is 10.4. The number of aromatic nitrogens is 4. The topological polar surface area (TPSA) is 178 Å². The second-order valence-corrected chi connectivity index (χ2v) is 12.6. The van der Waals surface area contributed by atoms with E-state index in [1.807, 2.05) is 0 Å². The number of nitrogens with zero attached hydrogens (tertiary/aromatic N) is 4. The molecule has 0 saturated heterocycles. The van der Waals surface area contributed by atoms with Gasteiger partial charge in [-0.2, -0.15) is 0 Å². The minimum atomic E-state index is -3.91. The molecule has 0 bridgehead atoms. The van der Waals surface area contributed by atoms with Gasteiger partial charge in [0.2, 0.25) is 6.79 Å². The van der Waals surface area contributed by atoms with Crippen LogP contribution in [-0.2, 0) is 39.2 Å². The van der Waals surface area contributed by atoms with Crippen molar-refractivity contribution in [3.63, 3.8) is 0 Å². The molecule has 2 aromatic rings. The molecule has 1 atom stereocenters. The standard InChI is InChI=1S/C22H34N5O8P/c1-20(2,3)19(30)32-13-35-36(31,34-9-8-21(4,5)18(28)29)14-33-22(6-7-22)10-27-12-26-15-16(23)24-11-25-17(15)27/h11-12H,6-10,13-14H2,1-5H3,(H,28,29)(H2,23,24,25). The summed E-state index contributed by atoms with van der Waals surface area (Å²) >= 11 is 0. The number of carboxylic acid groups (broad SMARTS) is 1. The average molecular weight is 528 g/mol. The zero-order valence-electron chi connectivity index (χ0n) is 21.2. The number of nitrogen functional groups attached to an aromatic ring is 1. The normalized spacial score (nSPS) is 17.0. The number of esters is 1. The van der Waals surface area contributed by atoms with Gasteiger partial charge in [-0.15, -0.1) is 0 Å². The van der Waals surface area contributed by atoms with Gasteiger partial charge in [0.1, 0.15) is 18.2 Å². The molecule has 1 saturated carbocycles. The van der Waals surface area contributed by atoms with Crippen LogP contribution in [0.5, 0.6) is 0 Å². The molecule has 2 aromatic heterocycles. The number of fused-ring (bicyclic) bond motifs is 1. The van der Waals surface area contributed by atoms with Gasteiger partial charge in [-0.25, -0.2) is 15.0 Å². The molecule has 0 amide bonds. The van der Waals surface area contributed by atoms with Crippen molar-refractivity contribution in [2.45, 2.75) is 66.0 Å². The third kappa shape index (κ3) is 7.00. The fraction of sp³-hybridized carbons (Fsp3) is 0.682. The summed E-state index contributed by atoms with van der Waals surface area (Å²) in [5.41, 5.74) is 4.39. The Morgan fingerprint density at radius 2 is 1.86 bits per heavy atom. The van der Waals surface area contributed by atoms with Gasteiger partial charge in [-0.05, 0) is 53.9 Å². The van der Waals surface area contributed by atoms with Crippen LogP contribution in [0.3, 0.4) is 0 Å². The van der Waals surface area contributed by atoms with Crippen molar-refractivity contribution in [1.29, 1.82) is 0 Å². The number of ether oxygens (including phenoxy) is 2. The van der Waals surface area contributed by atoms with Crippen molar-refractivity contribution in [3.8, 4) is 0 Å². The number of anilines is 1. The maximum atomic E-state index is 13.5. The highest BCUT2D eigenvalue weighted by Crippen LogP contribution is 2.52. The number of nitrogens with two attached hydrogens (primary N) is 1. The third-order valence-electron chi connectivity index (χ3n) is 5.87. The molecule has 0 aliphatic heterocycles. The van der Waals surface area contributed by atoms with Crippen LogP contribution in [0.15, 0.2) is 12.7 Å². The van der Waals surface area contributed by atoms with Crippen LogP contribution in [0.25, 0.3) is 11.2 Å². The van der Waals surface area contributed by atoms with E-state index in [1.165, 1.54) is 20.2 Å². The first kappa shape index (κ1) is 28.0. The molecular formula is C22H34N5O8P. The lowest BCUT2D eigenvalue weighted by molar-refractivity contribution is -0.160. The Morgan fingerprint density at radius 3 is 2.47 bits per heavy atom. The third-order valence-corrected chi connectivity index (χ3v) is 7.39. The molecule has 14 heteroatoms. The molecule has 3 N–H and O–H groups in total. The molecule has 1 unspecified atom stereocenters. The second-order valence-electron chi connectivity index (χ2n) is 10.6. The monoisotopic (exact) mass is 527 g/mol. The Labute approximate surface area is 209 Å². The summed E-state index contributed by atoms with van der Waals surface area (Å²) in [4.78, 5) is 35.8. The predicted octanol–water partition coefficient (Wildman–Crippen LogP) is 3.19. The number of aliphatic carboxylic acids is 1. The van der Waals surface area contributed by atoms with Gasteiger partial charge < -0.3 is 29.4 Å². The first-order valence-electron chi connectivity index (χ1n) is 11.5. The van der Waals surface area contributed by atoms with E-state index in [1.54, 1.807) is 31.7 Å². The van der Waals surface area contributed by atoms with E-state index in [9.17, 15) is 19.3 Å². The lowest BCUT2D eigenvalue weighted by Crippen LogP contribution is -2.26. The highest BCUT2D eigenvalue weighted by Gasteiger charge is 2.47. The Kier molecular flexibility index (Phi) is 8.09. The van der Waals surface area contributed by atoms with Crippen molar-refractivity contribution >= 4 is 36.5 Å². The summed E-state index contributed by atoms with van der Waals surface area (Å²) < 4.78 is 37.3. The van der Waals surface area contributed by atoms with Gasteiger partial charge in [0.25, 0.3) is 0 Å². The molecule has 1 aliphatic rings. The SMILES string of the molecule is CC(C)(C)C(=O)OCOP(=O)(COC1(Cn2cnc3c(N)ncnc32)CC1)OCCC(C)(C)C(=O)O. The number of hydrogen-bond acceptors (Lipinski definition) is 11. The Bertz CT molecular complexity index is 1160. The van der Waals surface area contributed by atoms with E-state index in [-0.39, 0.29) is 18.8 Å². The summed E-state index contributed by atoms with van der Waals surface area (Å²) in [6, 6.07) is 0. The van der Waals surface area contributed by atoms with Crippen molar-refractivity contribution in [2.24, 2.45) is 10.8 Å². The molecular weight excluding hydrogens is 493 g/mol. The zero-order valence-corrected chi connectivity index (χ0v) is 22.1. The molecule has 1 fully saturated rings. The van der Waals surface area contributed by atoms with E-state index in [4.69, 9.17) is 24.3 Å². The summed E-state index contributed by atoms with van der Waals surface area (Å²) in [5.74, 6) is -1.27. The van der Waals surface area contributed by atoms with Crippen LogP contribution in [0, 0.1) is 10.8 Å². The fourth-order valence-corrected chi connectivity index (χ4v) is 4.30. The molecule has 13 nitrogen and oxygen atoms in total. The Hall–Kier alpha value is -2.60. The number of hydrogen-bond donors (Lipinski definition) is 2. The molecule has 36 heavy (non-hydrogen) atoms. The van der Waals surface area contributed by atoms with Crippen LogP contribution in [-0.4, -0.2) is 61.9 Å². The van der Waals surface area contributed by atoms with Gasteiger partial charge in [0.05, 0.1) is 35.9 Å². The van der Waals surface area contributed by atoms with Crippen molar-refractivity contribution in [1.82, 2.24) is 19.5 Å². The van der Waals surface area contributed by atoms with Crippen molar-refractivity contribution in [2.75, 3.05) is 25.5 Å². The summed E-state index contributed by atoms with van der Waals surface area (Å²) in [7, 11) is -3.91.